The average molecular weight is 249 g/mol. The van der Waals surface area contributed by atoms with Crippen LogP contribution in [0.4, 0.5) is 4.39 Å². The highest BCUT2D eigenvalue weighted by atomic mass is 19.1. The third-order valence-electron chi connectivity index (χ3n) is 2.73. The Bertz CT molecular complexity index is 477. The number of ketones is 1. The van der Waals surface area contributed by atoms with E-state index >= 15 is 0 Å². The van der Waals surface area contributed by atoms with E-state index in [2.05, 4.69) is 0 Å². The first kappa shape index (κ1) is 12.7. The summed E-state index contributed by atoms with van der Waals surface area (Å²) in [7, 11) is 0. The Morgan fingerprint density at radius 3 is 2.94 bits per heavy atom. The number of hydrogen-bond acceptors (Lipinski definition) is 4. The normalized spacial score (nSPS) is 21.0. The van der Waals surface area contributed by atoms with E-state index in [-0.39, 0.29) is 12.4 Å². The van der Waals surface area contributed by atoms with Gasteiger partial charge in [-0.1, -0.05) is 12.1 Å². The summed E-state index contributed by atoms with van der Waals surface area (Å²) >= 11 is 0. The van der Waals surface area contributed by atoms with Crippen LogP contribution in [0, 0.1) is 17.1 Å². The average Bonchev–Trinajstić information content (AvgIpc) is 2.40. The van der Waals surface area contributed by atoms with Gasteiger partial charge in [-0.15, -0.1) is 0 Å². The molecule has 0 spiro atoms. The second-order valence-corrected chi connectivity index (χ2v) is 3.95. The van der Waals surface area contributed by atoms with Gasteiger partial charge in [0.15, 0.2) is 5.78 Å². The van der Waals surface area contributed by atoms with E-state index in [0.29, 0.717) is 18.8 Å². The van der Waals surface area contributed by atoms with Crippen LogP contribution >= 0.6 is 0 Å². The van der Waals surface area contributed by atoms with Crippen molar-refractivity contribution in [2.24, 2.45) is 0 Å². The molecular weight excluding hydrogens is 237 g/mol. The zero-order valence-corrected chi connectivity index (χ0v) is 9.64. The van der Waals surface area contributed by atoms with Crippen LogP contribution in [0.5, 0.6) is 0 Å². The smallest absolute Gasteiger partial charge is 0.185 e. The molecule has 2 atom stereocenters. The Kier molecular flexibility index (Phi) is 4.03. The van der Waals surface area contributed by atoms with Crippen LogP contribution in [-0.2, 0) is 14.3 Å². The molecule has 5 heteroatoms. The van der Waals surface area contributed by atoms with Gasteiger partial charge in [0.05, 0.1) is 25.9 Å². The molecule has 94 valence electrons. The minimum Gasteiger partial charge on any atom is -0.376 e. The van der Waals surface area contributed by atoms with E-state index in [1.807, 2.05) is 6.07 Å². The Morgan fingerprint density at radius 2 is 2.33 bits per heavy atom. The number of hydrogen-bond donors (Lipinski definition) is 0. The molecule has 1 aliphatic heterocycles. The first-order valence-electron chi connectivity index (χ1n) is 5.60. The van der Waals surface area contributed by atoms with Crippen molar-refractivity contribution in [3.63, 3.8) is 0 Å². The molecule has 1 aromatic rings. The number of rotatable bonds is 3. The number of ether oxygens (including phenoxy) is 2. The Morgan fingerprint density at radius 1 is 1.50 bits per heavy atom. The number of nitriles is 1. The van der Waals surface area contributed by atoms with E-state index in [1.54, 1.807) is 6.07 Å². The lowest BCUT2D eigenvalue weighted by molar-refractivity contribution is -0.145. The van der Waals surface area contributed by atoms with E-state index in [4.69, 9.17) is 14.7 Å². The van der Waals surface area contributed by atoms with Gasteiger partial charge < -0.3 is 9.47 Å². The summed E-state index contributed by atoms with van der Waals surface area (Å²) < 4.78 is 23.5. The van der Waals surface area contributed by atoms with Crippen LogP contribution in [0.2, 0.25) is 0 Å². The summed E-state index contributed by atoms with van der Waals surface area (Å²) in [4.78, 5) is 12.1. The molecule has 2 rings (SSSR count). The zero-order valence-electron chi connectivity index (χ0n) is 9.64. The summed E-state index contributed by atoms with van der Waals surface area (Å²) in [5.74, 6) is -1.88. The van der Waals surface area contributed by atoms with Gasteiger partial charge >= 0.3 is 0 Å². The van der Waals surface area contributed by atoms with Crippen LogP contribution in [0.15, 0.2) is 24.3 Å². The Balaban J connectivity index is 2.18. The molecule has 1 fully saturated rings. The monoisotopic (exact) mass is 249 g/mol. The Hall–Kier alpha value is -1.77. The van der Waals surface area contributed by atoms with Crippen LogP contribution in [0.1, 0.15) is 11.5 Å². The number of Topliss-reactive ketones (excluding diaryl/α,β-unsaturated/α-hetero) is 1. The summed E-state index contributed by atoms with van der Waals surface area (Å²) in [6.45, 7) is 0.922. The lowest BCUT2D eigenvalue weighted by atomic mass is 9.93. The fraction of sp³-hybridized carbons (Fsp3) is 0.385. The van der Waals surface area contributed by atoms with Gasteiger partial charge in [-0.3, -0.25) is 4.79 Å². The first-order chi connectivity index (χ1) is 8.72. The van der Waals surface area contributed by atoms with E-state index < -0.39 is 17.8 Å². The van der Waals surface area contributed by atoms with Gasteiger partial charge in [-0.05, 0) is 17.7 Å². The van der Waals surface area contributed by atoms with Gasteiger partial charge in [0.2, 0.25) is 0 Å². The maximum atomic E-state index is 13.1. The van der Waals surface area contributed by atoms with E-state index in [9.17, 15) is 9.18 Å². The SMILES string of the molecule is N#CC(C(=O)C1COCCO1)c1cccc(F)c1. The third kappa shape index (κ3) is 2.73. The van der Waals surface area contributed by atoms with Gasteiger partial charge in [0.1, 0.15) is 17.8 Å². The standard InChI is InChI=1S/C13H12FNO3/c14-10-3-1-2-9(6-10)11(7-15)13(16)12-8-17-4-5-18-12/h1-3,6,11-12H,4-5,8H2. The summed E-state index contributed by atoms with van der Waals surface area (Å²) in [6, 6.07) is 7.37. The van der Waals surface area contributed by atoms with E-state index in [1.165, 1.54) is 18.2 Å². The van der Waals surface area contributed by atoms with Crippen molar-refractivity contribution in [2.75, 3.05) is 19.8 Å². The van der Waals surface area contributed by atoms with Crippen molar-refractivity contribution in [2.45, 2.75) is 12.0 Å². The minimum absolute atomic E-state index is 0.145. The Labute approximate surface area is 104 Å². The third-order valence-corrected chi connectivity index (χ3v) is 2.73. The highest BCUT2D eigenvalue weighted by Crippen LogP contribution is 2.20. The van der Waals surface area contributed by atoms with E-state index in [0.717, 1.165) is 0 Å². The molecule has 1 heterocycles. The second kappa shape index (κ2) is 5.71. The lowest BCUT2D eigenvalue weighted by Gasteiger charge is -2.23. The number of carbonyl (C=O) groups is 1. The topological polar surface area (TPSA) is 59.3 Å². The molecule has 1 aliphatic rings. The van der Waals surface area contributed by atoms with Gasteiger partial charge in [0.25, 0.3) is 0 Å². The van der Waals surface area contributed by atoms with Crippen molar-refractivity contribution in [1.82, 2.24) is 0 Å². The maximum absolute atomic E-state index is 13.1. The molecule has 0 bridgehead atoms. The molecule has 18 heavy (non-hydrogen) atoms. The highest BCUT2D eigenvalue weighted by Gasteiger charge is 2.30. The summed E-state index contributed by atoms with van der Waals surface area (Å²) in [5, 5.41) is 9.08. The minimum atomic E-state index is -1.02. The highest BCUT2D eigenvalue weighted by molar-refractivity contribution is 5.92. The van der Waals surface area contributed by atoms with Gasteiger partial charge in [-0.2, -0.15) is 5.26 Å². The van der Waals surface area contributed by atoms with Crippen LogP contribution in [0.25, 0.3) is 0 Å². The number of carbonyl (C=O) groups excluding carboxylic acids is 1. The molecule has 0 amide bonds. The zero-order chi connectivity index (χ0) is 13.0. The quantitative estimate of drug-likeness (QED) is 0.812. The molecule has 0 radical (unpaired) electrons. The first-order valence-corrected chi connectivity index (χ1v) is 5.60. The summed E-state index contributed by atoms with van der Waals surface area (Å²) in [6.07, 6.45) is -0.744. The van der Waals surface area contributed by atoms with Crippen molar-refractivity contribution in [3.05, 3.63) is 35.6 Å². The van der Waals surface area contributed by atoms with Crippen molar-refractivity contribution < 1.29 is 18.7 Å². The molecule has 1 aromatic carbocycles. The van der Waals surface area contributed by atoms with Crippen LogP contribution in [-0.4, -0.2) is 31.7 Å². The molecule has 4 nitrogen and oxygen atoms in total. The molecule has 1 saturated heterocycles. The molecule has 0 aromatic heterocycles. The predicted octanol–water partition coefficient (Wildman–Crippen LogP) is 1.42. The largest absolute Gasteiger partial charge is 0.376 e. The number of halogens is 1. The number of benzene rings is 1. The lowest BCUT2D eigenvalue weighted by Crippen LogP contribution is -2.38. The summed E-state index contributed by atoms with van der Waals surface area (Å²) in [5.41, 5.74) is 0.344. The molecule has 0 aliphatic carbocycles. The van der Waals surface area contributed by atoms with Crippen molar-refractivity contribution in [1.29, 1.82) is 5.26 Å². The fourth-order valence-electron chi connectivity index (χ4n) is 1.83. The molecule has 2 unspecified atom stereocenters. The molecule has 0 saturated carbocycles. The fourth-order valence-corrected chi connectivity index (χ4v) is 1.83. The maximum Gasteiger partial charge on any atom is 0.185 e. The van der Waals surface area contributed by atoms with Gasteiger partial charge in [0, 0.05) is 0 Å². The van der Waals surface area contributed by atoms with Crippen molar-refractivity contribution >= 4 is 5.78 Å². The molecular formula is C13H12FNO3. The molecule has 0 N–H and O–H groups in total. The number of nitrogens with zero attached hydrogens (tertiary/aromatic N) is 1. The van der Waals surface area contributed by atoms with Crippen LogP contribution in [0.3, 0.4) is 0 Å². The van der Waals surface area contributed by atoms with Crippen LogP contribution < -0.4 is 0 Å². The second-order valence-electron chi connectivity index (χ2n) is 3.95. The predicted molar refractivity (Wildman–Crippen MR) is 60.3 cm³/mol. The van der Waals surface area contributed by atoms with Gasteiger partial charge in [-0.25, -0.2) is 4.39 Å². The van der Waals surface area contributed by atoms with Crippen molar-refractivity contribution in [3.8, 4) is 6.07 Å².